The van der Waals surface area contributed by atoms with Crippen LogP contribution in [-0.2, 0) is 9.59 Å². The van der Waals surface area contributed by atoms with Crippen molar-refractivity contribution in [2.75, 3.05) is 18.0 Å². The van der Waals surface area contributed by atoms with Gasteiger partial charge in [0.1, 0.15) is 5.82 Å². The van der Waals surface area contributed by atoms with Gasteiger partial charge in [-0.05, 0) is 18.2 Å². The first-order valence-electron chi connectivity index (χ1n) is 5.56. The summed E-state index contributed by atoms with van der Waals surface area (Å²) >= 11 is 0. The van der Waals surface area contributed by atoms with Crippen LogP contribution < -0.4 is 10.2 Å². The summed E-state index contributed by atoms with van der Waals surface area (Å²) in [5, 5.41) is 11.3. The van der Waals surface area contributed by atoms with Gasteiger partial charge in [0.25, 0.3) is 0 Å². The molecule has 1 unspecified atom stereocenters. The van der Waals surface area contributed by atoms with Crippen LogP contribution in [0.5, 0.6) is 0 Å². The average Bonchev–Trinajstić information content (AvgIpc) is 2.27. The fourth-order valence-corrected chi connectivity index (χ4v) is 2.02. The highest BCUT2D eigenvalue weighted by molar-refractivity contribution is 5.84. The summed E-state index contributed by atoms with van der Waals surface area (Å²) in [6.45, 7) is 0.473. The molecule has 2 rings (SSSR count). The SMILES string of the molecule is O=C(O)CC1CN(c2cccc(F)c2)CC(=O)N1. The summed E-state index contributed by atoms with van der Waals surface area (Å²) < 4.78 is 13.1. The lowest BCUT2D eigenvalue weighted by Crippen LogP contribution is -2.54. The van der Waals surface area contributed by atoms with Gasteiger partial charge >= 0.3 is 5.97 Å². The van der Waals surface area contributed by atoms with Crippen molar-refractivity contribution in [3.05, 3.63) is 30.1 Å². The molecule has 1 aliphatic heterocycles. The number of rotatable bonds is 3. The molecule has 1 fully saturated rings. The number of carbonyl (C=O) groups is 2. The number of carbonyl (C=O) groups excluding carboxylic acids is 1. The molecular weight excluding hydrogens is 239 g/mol. The second-order valence-corrected chi connectivity index (χ2v) is 4.22. The maximum atomic E-state index is 13.1. The van der Waals surface area contributed by atoms with Crippen molar-refractivity contribution < 1.29 is 19.1 Å². The van der Waals surface area contributed by atoms with Gasteiger partial charge in [0.15, 0.2) is 0 Å². The van der Waals surface area contributed by atoms with E-state index in [-0.39, 0.29) is 24.7 Å². The zero-order valence-corrected chi connectivity index (χ0v) is 9.60. The molecule has 0 bridgehead atoms. The third kappa shape index (κ3) is 2.97. The van der Waals surface area contributed by atoms with E-state index in [2.05, 4.69) is 5.32 Å². The summed E-state index contributed by atoms with van der Waals surface area (Å²) in [5.74, 6) is -1.61. The molecule has 1 aromatic carbocycles. The lowest BCUT2D eigenvalue weighted by molar-refractivity contribution is -0.137. The minimum absolute atomic E-state index is 0.111. The largest absolute Gasteiger partial charge is 0.481 e. The van der Waals surface area contributed by atoms with Gasteiger partial charge in [-0.2, -0.15) is 0 Å². The molecule has 1 heterocycles. The number of benzene rings is 1. The number of hydrogen-bond donors (Lipinski definition) is 2. The van der Waals surface area contributed by atoms with Crippen molar-refractivity contribution in [1.29, 1.82) is 0 Å². The highest BCUT2D eigenvalue weighted by Crippen LogP contribution is 2.18. The van der Waals surface area contributed by atoms with Crippen molar-refractivity contribution in [2.45, 2.75) is 12.5 Å². The number of nitrogens with zero attached hydrogens (tertiary/aromatic N) is 1. The molecule has 0 aromatic heterocycles. The van der Waals surface area contributed by atoms with E-state index in [1.165, 1.54) is 12.1 Å². The number of nitrogens with one attached hydrogen (secondary N) is 1. The molecule has 2 N–H and O–H groups in total. The number of hydrogen-bond acceptors (Lipinski definition) is 3. The van der Waals surface area contributed by atoms with Gasteiger partial charge in [-0.25, -0.2) is 4.39 Å². The van der Waals surface area contributed by atoms with E-state index in [0.717, 1.165) is 0 Å². The number of amides is 1. The van der Waals surface area contributed by atoms with Crippen LogP contribution in [0.15, 0.2) is 24.3 Å². The van der Waals surface area contributed by atoms with Gasteiger partial charge < -0.3 is 15.3 Å². The standard InChI is InChI=1S/C12H13FN2O3/c13-8-2-1-3-10(4-8)15-6-9(5-12(17)18)14-11(16)7-15/h1-4,9H,5-7H2,(H,14,16)(H,17,18). The molecule has 0 saturated carbocycles. The highest BCUT2D eigenvalue weighted by atomic mass is 19.1. The summed E-state index contributed by atoms with van der Waals surface area (Å²) in [6, 6.07) is 5.45. The number of carboxylic acids is 1. The Morgan fingerprint density at radius 1 is 1.56 bits per heavy atom. The van der Waals surface area contributed by atoms with E-state index in [4.69, 9.17) is 5.11 Å². The zero-order valence-electron chi connectivity index (χ0n) is 9.60. The van der Waals surface area contributed by atoms with Crippen LogP contribution in [0.3, 0.4) is 0 Å². The van der Waals surface area contributed by atoms with Crippen LogP contribution >= 0.6 is 0 Å². The third-order valence-corrected chi connectivity index (χ3v) is 2.73. The minimum atomic E-state index is -0.971. The first-order valence-corrected chi connectivity index (χ1v) is 5.56. The van der Waals surface area contributed by atoms with Crippen molar-refractivity contribution in [3.63, 3.8) is 0 Å². The number of piperazine rings is 1. The summed E-state index contributed by atoms with van der Waals surface area (Å²) in [7, 11) is 0. The average molecular weight is 252 g/mol. The van der Waals surface area contributed by atoms with E-state index in [1.54, 1.807) is 17.0 Å². The summed E-state index contributed by atoms with van der Waals surface area (Å²) in [4.78, 5) is 23.8. The van der Waals surface area contributed by atoms with Crippen LogP contribution in [0.25, 0.3) is 0 Å². The Hall–Kier alpha value is -2.11. The molecule has 18 heavy (non-hydrogen) atoms. The lowest BCUT2D eigenvalue weighted by atomic mass is 10.1. The van der Waals surface area contributed by atoms with Gasteiger partial charge in [-0.1, -0.05) is 6.07 Å². The Morgan fingerprint density at radius 2 is 2.33 bits per heavy atom. The number of anilines is 1. The Kier molecular flexibility index (Phi) is 3.45. The lowest BCUT2D eigenvalue weighted by Gasteiger charge is -2.33. The number of carboxylic acid groups (broad SMARTS) is 1. The second-order valence-electron chi connectivity index (χ2n) is 4.22. The molecule has 1 atom stereocenters. The molecular formula is C12H13FN2O3. The van der Waals surface area contributed by atoms with E-state index in [0.29, 0.717) is 12.2 Å². The first-order chi connectivity index (χ1) is 8.54. The molecule has 0 aliphatic carbocycles. The fraction of sp³-hybridized carbons (Fsp3) is 0.333. The predicted molar refractivity (Wildman–Crippen MR) is 62.8 cm³/mol. The minimum Gasteiger partial charge on any atom is -0.481 e. The van der Waals surface area contributed by atoms with Crippen LogP contribution in [0, 0.1) is 5.82 Å². The van der Waals surface area contributed by atoms with Gasteiger partial charge in [-0.15, -0.1) is 0 Å². The zero-order chi connectivity index (χ0) is 13.1. The molecule has 1 aliphatic rings. The smallest absolute Gasteiger partial charge is 0.305 e. The summed E-state index contributed by atoms with van der Waals surface area (Å²) in [5.41, 5.74) is 0.584. The first kappa shape index (κ1) is 12.3. The van der Waals surface area contributed by atoms with Crippen LogP contribution in [-0.4, -0.2) is 36.1 Å². The van der Waals surface area contributed by atoms with Gasteiger partial charge in [-0.3, -0.25) is 9.59 Å². The maximum Gasteiger partial charge on any atom is 0.305 e. The van der Waals surface area contributed by atoms with Crippen molar-refractivity contribution in [2.24, 2.45) is 0 Å². The van der Waals surface area contributed by atoms with Crippen LogP contribution in [0.4, 0.5) is 10.1 Å². The van der Waals surface area contributed by atoms with Crippen molar-refractivity contribution in [3.8, 4) is 0 Å². The van der Waals surface area contributed by atoms with Gasteiger partial charge in [0.2, 0.25) is 5.91 Å². The van der Waals surface area contributed by atoms with Crippen molar-refractivity contribution >= 4 is 17.6 Å². The Labute approximate surface area is 103 Å². The highest BCUT2D eigenvalue weighted by Gasteiger charge is 2.26. The van der Waals surface area contributed by atoms with Gasteiger partial charge in [0.05, 0.1) is 19.0 Å². The van der Waals surface area contributed by atoms with E-state index in [1.807, 2.05) is 0 Å². The normalized spacial score (nSPS) is 19.5. The molecule has 6 heteroatoms. The van der Waals surface area contributed by atoms with Crippen LogP contribution in [0.1, 0.15) is 6.42 Å². The fourth-order valence-electron chi connectivity index (χ4n) is 2.02. The molecule has 96 valence electrons. The van der Waals surface area contributed by atoms with Crippen molar-refractivity contribution in [1.82, 2.24) is 5.32 Å². The Morgan fingerprint density at radius 3 is 3.00 bits per heavy atom. The second kappa shape index (κ2) is 5.03. The molecule has 0 radical (unpaired) electrons. The van der Waals surface area contributed by atoms with E-state index >= 15 is 0 Å². The quantitative estimate of drug-likeness (QED) is 0.826. The number of halogens is 1. The molecule has 1 amide bonds. The molecule has 1 aromatic rings. The molecule has 1 saturated heterocycles. The monoisotopic (exact) mass is 252 g/mol. The predicted octanol–water partition coefficient (Wildman–Crippen LogP) is 0.605. The van der Waals surface area contributed by atoms with E-state index in [9.17, 15) is 14.0 Å². The maximum absolute atomic E-state index is 13.1. The molecule has 5 nitrogen and oxygen atoms in total. The Bertz CT molecular complexity index is 476. The van der Waals surface area contributed by atoms with Gasteiger partial charge in [0, 0.05) is 12.2 Å². The third-order valence-electron chi connectivity index (χ3n) is 2.73. The molecule has 0 spiro atoms. The van der Waals surface area contributed by atoms with E-state index < -0.39 is 12.0 Å². The topological polar surface area (TPSA) is 69.6 Å². The Balaban J connectivity index is 2.13. The summed E-state index contributed by atoms with van der Waals surface area (Å²) in [6.07, 6.45) is -0.141. The van der Waals surface area contributed by atoms with Crippen LogP contribution in [0.2, 0.25) is 0 Å². The number of aliphatic carboxylic acids is 1.